The SMILES string of the molecule is CC(Cc1cccnc1)(C(=O)O)c1ccc(N)cc1F. The van der Waals surface area contributed by atoms with Gasteiger partial charge in [-0.1, -0.05) is 12.1 Å². The molecule has 4 nitrogen and oxygen atoms in total. The van der Waals surface area contributed by atoms with Gasteiger partial charge in [-0.25, -0.2) is 4.39 Å². The van der Waals surface area contributed by atoms with E-state index in [0.717, 1.165) is 11.6 Å². The number of aliphatic carboxylic acids is 1. The highest BCUT2D eigenvalue weighted by atomic mass is 19.1. The number of carboxylic acids is 1. The van der Waals surface area contributed by atoms with E-state index in [1.165, 1.54) is 19.1 Å². The third kappa shape index (κ3) is 2.61. The number of carboxylic acid groups (broad SMARTS) is 1. The zero-order chi connectivity index (χ0) is 14.8. The van der Waals surface area contributed by atoms with Gasteiger partial charge in [-0.05, 0) is 37.1 Å². The predicted octanol–water partition coefficient (Wildman–Crippen LogP) is 2.39. The average molecular weight is 274 g/mol. The molecular formula is C15H15FN2O2. The molecule has 0 aliphatic heterocycles. The van der Waals surface area contributed by atoms with Crippen LogP contribution in [-0.4, -0.2) is 16.1 Å². The summed E-state index contributed by atoms with van der Waals surface area (Å²) in [5.74, 6) is -1.70. The van der Waals surface area contributed by atoms with Crippen LogP contribution < -0.4 is 5.73 Å². The summed E-state index contributed by atoms with van der Waals surface area (Å²) in [6.07, 6.45) is 3.33. The molecule has 0 aliphatic carbocycles. The van der Waals surface area contributed by atoms with Crippen LogP contribution in [0.4, 0.5) is 10.1 Å². The first-order chi connectivity index (χ1) is 9.43. The van der Waals surface area contributed by atoms with E-state index < -0.39 is 17.2 Å². The molecule has 0 amide bonds. The van der Waals surface area contributed by atoms with E-state index in [2.05, 4.69) is 4.98 Å². The molecule has 0 saturated carbocycles. The molecule has 0 spiro atoms. The topological polar surface area (TPSA) is 76.2 Å². The smallest absolute Gasteiger partial charge is 0.314 e. The van der Waals surface area contributed by atoms with Crippen molar-refractivity contribution in [2.24, 2.45) is 0 Å². The Labute approximate surface area is 116 Å². The van der Waals surface area contributed by atoms with Crippen LogP contribution in [0.2, 0.25) is 0 Å². The molecule has 0 fully saturated rings. The molecule has 20 heavy (non-hydrogen) atoms. The first kappa shape index (κ1) is 14.0. The molecule has 1 aromatic carbocycles. The largest absolute Gasteiger partial charge is 0.481 e. The highest BCUT2D eigenvalue weighted by molar-refractivity contribution is 5.81. The number of rotatable bonds is 4. The fourth-order valence-corrected chi connectivity index (χ4v) is 2.18. The monoisotopic (exact) mass is 274 g/mol. The summed E-state index contributed by atoms with van der Waals surface area (Å²) in [4.78, 5) is 15.6. The molecule has 0 radical (unpaired) electrons. The second-order valence-electron chi connectivity index (χ2n) is 4.91. The van der Waals surface area contributed by atoms with E-state index in [1.807, 2.05) is 0 Å². The molecule has 0 saturated heterocycles. The Hall–Kier alpha value is -2.43. The molecule has 0 aliphatic rings. The Morgan fingerprint density at radius 3 is 2.75 bits per heavy atom. The van der Waals surface area contributed by atoms with Gasteiger partial charge >= 0.3 is 5.97 Å². The van der Waals surface area contributed by atoms with Gasteiger partial charge in [0.1, 0.15) is 5.82 Å². The number of benzene rings is 1. The van der Waals surface area contributed by atoms with E-state index in [9.17, 15) is 14.3 Å². The number of hydrogen-bond donors (Lipinski definition) is 2. The lowest BCUT2D eigenvalue weighted by atomic mass is 9.77. The molecule has 1 aromatic heterocycles. The Morgan fingerprint density at radius 1 is 1.45 bits per heavy atom. The van der Waals surface area contributed by atoms with Crippen LogP contribution in [0, 0.1) is 5.82 Å². The molecule has 104 valence electrons. The maximum absolute atomic E-state index is 14.0. The second-order valence-corrected chi connectivity index (χ2v) is 4.91. The van der Waals surface area contributed by atoms with Crippen LogP contribution >= 0.6 is 0 Å². The van der Waals surface area contributed by atoms with Gasteiger partial charge in [-0.2, -0.15) is 0 Å². The van der Waals surface area contributed by atoms with Crippen molar-refractivity contribution in [1.29, 1.82) is 0 Å². The van der Waals surface area contributed by atoms with Crippen LogP contribution in [0.15, 0.2) is 42.7 Å². The highest BCUT2D eigenvalue weighted by Crippen LogP contribution is 2.31. The first-order valence-corrected chi connectivity index (χ1v) is 6.11. The predicted molar refractivity (Wildman–Crippen MR) is 73.7 cm³/mol. The van der Waals surface area contributed by atoms with E-state index in [0.29, 0.717) is 0 Å². The summed E-state index contributed by atoms with van der Waals surface area (Å²) in [6, 6.07) is 7.55. The van der Waals surface area contributed by atoms with Crippen molar-refractivity contribution < 1.29 is 14.3 Å². The van der Waals surface area contributed by atoms with Crippen molar-refractivity contribution >= 4 is 11.7 Å². The third-order valence-corrected chi connectivity index (χ3v) is 3.34. The molecule has 2 aromatic rings. The van der Waals surface area contributed by atoms with Crippen molar-refractivity contribution in [2.45, 2.75) is 18.8 Å². The van der Waals surface area contributed by atoms with Crippen molar-refractivity contribution in [3.05, 3.63) is 59.7 Å². The minimum absolute atomic E-state index is 0.114. The molecule has 2 rings (SSSR count). The number of carbonyl (C=O) groups is 1. The lowest BCUT2D eigenvalue weighted by molar-refractivity contribution is -0.143. The van der Waals surface area contributed by atoms with Crippen molar-refractivity contribution in [3.63, 3.8) is 0 Å². The number of nitrogens with zero attached hydrogens (tertiary/aromatic N) is 1. The van der Waals surface area contributed by atoms with Gasteiger partial charge in [0.2, 0.25) is 0 Å². The second kappa shape index (κ2) is 5.28. The number of anilines is 1. The number of nitrogens with two attached hydrogens (primary N) is 1. The maximum atomic E-state index is 14.0. The number of pyridine rings is 1. The highest BCUT2D eigenvalue weighted by Gasteiger charge is 2.37. The van der Waals surface area contributed by atoms with Crippen molar-refractivity contribution in [3.8, 4) is 0 Å². The van der Waals surface area contributed by atoms with Gasteiger partial charge in [-0.15, -0.1) is 0 Å². The lowest BCUT2D eigenvalue weighted by Gasteiger charge is -2.26. The van der Waals surface area contributed by atoms with Gasteiger partial charge in [0, 0.05) is 23.6 Å². The van der Waals surface area contributed by atoms with Crippen LogP contribution in [0.5, 0.6) is 0 Å². The zero-order valence-electron chi connectivity index (χ0n) is 11.0. The summed E-state index contributed by atoms with van der Waals surface area (Å²) in [5, 5.41) is 9.52. The van der Waals surface area contributed by atoms with Gasteiger partial charge in [0.15, 0.2) is 0 Å². The summed E-state index contributed by atoms with van der Waals surface area (Å²) in [7, 11) is 0. The normalized spacial score (nSPS) is 13.7. The number of hydrogen-bond acceptors (Lipinski definition) is 3. The van der Waals surface area contributed by atoms with Gasteiger partial charge < -0.3 is 10.8 Å². The van der Waals surface area contributed by atoms with E-state index >= 15 is 0 Å². The van der Waals surface area contributed by atoms with Crippen LogP contribution in [0.1, 0.15) is 18.1 Å². The van der Waals surface area contributed by atoms with E-state index in [1.54, 1.807) is 24.5 Å². The first-order valence-electron chi connectivity index (χ1n) is 6.11. The van der Waals surface area contributed by atoms with Gasteiger partial charge in [0.25, 0.3) is 0 Å². The summed E-state index contributed by atoms with van der Waals surface area (Å²) < 4.78 is 14.0. The molecule has 0 bridgehead atoms. The minimum atomic E-state index is -1.37. The summed E-state index contributed by atoms with van der Waals surface area (Å²) >= 11 is 0. The zero-order valence-corrected chi connectivity index (χ0v) is 11.0. The summed E-state index contributed by atoms with van der Waals surface area (Å²) in [6.45, 7) is 1.50. The lowest BCUT2D eigenvalue weighted by Crippen LogP contribution is -2.35. The van der Waals surface area contributed by atoms with Crippen molar-refractivity contribution in [1.82, 2.24) is 4.98 Å². The Balaban J connectivity index is 2.47. The quantitative estimate of drug-likeness (QED) is 0.839. The Morgan fingerprint density at radius 2 is 2.20 bits per heavy atom. The van der Waals surface area contributed by atoms with Crippen LogP contribution in [0.3, 0.4) is 0 Å². The molecular weight excluding hydrogens is 259 g/mol. The third-order valence-electron chi connectivity index (χ3n) is 3.34. The maximum Gasteiger partial charge on any atom is 0.314 e. The fraction of sp³-hybridized carbons (Fsp3) is 0.200. The summed E-state index contributed by atoms with van der Waals surface area (Å²) in [5.41, 5.74) is 5.24. The molecule has 1 atom stereocenters. The fourth-order valence-electron chi connectivity index (χ4n) is 2.18. The Kier molecular flexibility index (Phi) is 3.70. The average Bonchev–Trinajstić information content (AvgIpc) is 2.39. The number of nitrogen functional groups attached to an aromatic ring is 1. The molecule has 5 heteroatoms. The molecule has 3 N–H and O–H groups in total. The van der Waals surface area contributed by atoms with Crippen molar-refractivity contribution in [2.75, 3.05) is 5.73 Å². The van der Waals surface area contributed by atoms with E-state index in [-0.39, 0.29) is 17.7 Å². The van der Waals surface area contributed by atoms with Crippen LogP contribution in [0.25, 0.3) is 0 Å². The van der Waals surface area contributed by atoms with Gasteiger partial charge in [-0.3, -0.25) is 9.78 Å². The minimum Gasteiger partial charge on any atom is -0.481 e. The number of aromatic nitrogens is 1. The molecule has 1 heterocycles. The standard InChI is InChI=1S/C15H15FN2O2/c1-15(14(19)20,8-10-3-2-6-18-9-10)12-5-4-11(17)7-13(12)16/h2-7,9H,8,17H2,1H3,(H,19,20). The van der Waals surface area contributed by atoms with E-state index in [4.69, 9.17) is 5.73 Å². The van der Waals surface area contributed by atoms with Gasteiger partial charge in [0.05, 0.1) is 5.41 Å². The molecule has 1 unspecified atom stereocenters. The van der Waals surface area contributed by atoms with Crippen LogP contribution in [-0.2, 0) is 16.6 Å². The number of halogens is 1. The Bertz CT molecular complexity index is 631.